The Hall–Kier alpha value is -2.18. The van der Waals surface area contributed by atoms with Gasteiger partial charge >= 0.3 is 0 Å². The largest absolute Gasteiger partial charge is 0.456 e. The van der Waals surface area contributed by atoms with Gasteiger partial charge in [0.05, 0.1) is 0 Å². The molecule has 0 aromatic heterocycles. The van der Waals surface area contributed by atoms with E-state index in [2.05, 4.69) is 0 Å². The molecule has 5 nitrogen and oxygen atoms in total. The van der Waals surface area contributed by atoms with Gasteiger partial charge in [0.2, 0.25) is 10.0 Å². The van der Waals surface area contributed by atoms with E-state index in [-0.39, 0.29) is 22.0 Å². The highest BCUT2D eigenvalue weighted by Crippen LogP contribution is 2.29. The van der Waals surface area contributed by atoms with Crippen molar-refractivity contribution in [3.8, 4) is 11.5 Å². The maximum Gasteiger partial charge on any atom is 0.241 e. The van der Waals surface area contributed by atoms with Crippen molar-refractivity contribution in [3.63, 3.8) is 0 Å². The van der Waals surface area contributed by atoms with Gasteiger partial charge in [0, 0.05) is 5.56 Å². The molecule has 0 radical (unpaired) electrons. The van der Waals surface area contributed by atoms with Crippen LogP contribution in [0.3, 0.4) is 0 Å². The van der Waals surface area contributed by atoms with E-state index >= 15 is 0 Å². The predicted molar refractivity (Wildman–Crippen MR) is 74.3 cm³/mol. The number of ketones is 1. The third-order valence-corrected chi connectivity index (χ3v) is 3.56. The fraction of sp³-hybridized carbons (Fsp3) is 0.0714. The molecular weight excluding hydrogens is 278 g/mol. The van der Waals surface area contributed by atoms with Crippen LogP contribution in [-0.2, 0) is 10.0 Å². The molecule has 2 aromatic rings. The fourth-order valence-corrected chi connectivity index (χ4v) is 2.33. The standard InChI is InChI=1S/C14H13NO4S/c1-10(16)11-7-8-13(14(9-11)20(15,17)18)19-12-5-3-2-4-6-12/h2-9H,1H3,(H2,15,17,18). The van der Waals surface area contributed by atoms with Gasteiger partial charge < -0.3 is 4.74 Å². The molecule has 2 aromatic carbocycles. The van der Waals surface area contributed by atoms with E-state index in [4.69, 9.17) is 9.88 Å². The first-order valence-corrected chi connectivity index (χ1v) is 7.33. The number of ether oxygens (including phenoxy) is 1. The first kappa shape index (κ1) is 14.2. The minimum absolute atomic E-state index is 0.0868. The molecular formula is C14H13NO4S. The Morgan fingerprint density at radius 2 is 1.75 bits per heavy atom. The Kier molecular flexibility index (Phi) is 3.87. The van der Waals surface area contributed by atoms with Crippen LogP contribution >= 0.6 is 0 Å². The summed E-state index contributed by atoms with van der Waals surface area (Å²) in [6, 6.07) is 12.8. The van der Waals surface area contributed by atoms with Gasteiger partial charge in [-0.1, -0.05) is 18.2 Å². The number of sulfonamides is 1. The lowest BCUT2D eigenvalue weighted by molar-refractivity contribution is 0.101. The molecule has 6 heteroatoms. The lowest BCUT2D eigenvalue weighted by atomic mass is 10.1. The lowest BCUT2D eigenvalue weighted by Gasteiger charge is -2.10. The smallest absolute Gasteiger partial charge is 0.241 e. The fourth-order valence-electron chi connectivity index (χ4n) is 1.65. The maximum atomic E-state index is 11.6. The van der Waals surface area contributed by atoms with Crippen LogP contribution in [0.4, 0.5) is 0 Å². The van der Waals surface area contributed by atoms with E-state index in [1.807, 2.05) is 6.07 Å². The van der Waals surface area contributed by atoms with E-state index in [1.165, 1.54) is 25.1 Å². The Labute approximate surface area is 117 Å². The average molecular weight is 291 g/mol. The second-order valence-electron chi connectivity index (χ2n) is 4.18. The zero-order valence-corrected chi connectivity index (χ0v) is 11.6. The number of primary sulfonamides is 1. The number of Topliss-reactive ketones (excluding diaryl/α,β-unsaturated/α-hetero) is 1. The molecule has 0 saturated heterocycles. The van der Waals surface area contributed by atoms with Gasteiger partial charge in [-0.3, -0.25) is 4.79 Å². The number of benzene rings is 2. The monoisotopic (exact) mass is 291 g/mol. The molecule has 2 rings (SSSR count). The molecule has 0 aliphatic carbocycles. The number of rotatable bonds is 4. The van der Waals surface area contributed by atoms with Crippen molar-refractivity contribution in [1.82, 2.24) is 0 Å². The SMILES string of the molecule is CC(=O)c1ccc(Oc2ccccc2)c(S(N)(=O)=O)c1. The molecule has 0 amide bonds. The molecule has 0 atom stereocenters. The topological polar surface area (TPSA) is 86.5 Å². The Bertz CT molecular complexity index is 739. The van der Waals surface area contributed by atoms with Gasteiger partial charge in [0.1, 0.15) is 16.4 Å². The van der Waals surface area contributed by atoms with Gasteiger partial charge in [-0.2, -0.15) is 0 Å². The highest BCUT2D eigenvalue weighted by atomic mass is 32.2. The van der Waals surface area contributed by atoms with Crippen LogP contribution < -0.4 is 9.88 Å². The third-order valence-electron chi connectivity index (χ3n) is 2.63. The average Bonchev–Trinajstić information content (AvgIpc) is 2.39. The molecule has 0 spiro atoms. The summed E-state index contributed by atoms with van der Waals surface area (Å²) in [7, 11) is -3.99. The summed E-state index contributed by atoms with van der Waals surface area (Å²) in [5.41, 5.74) is 0.259. The van der Waals surface area contributed by atoms with E-state index in [0.29, 0.717) is 5.75 Å². The second kappa shape index (κ2) is 5.44. The molecule has 0 aliphatic rings. The maximum absolute atomic E-state index is 11.6. The minimum Gasteiger partial charge on any atom is -0.456 e. The van der Waals surface area contributed by atoms with Crippen LogP contribution in [0.1, 0.15) is 17.3 Å². The minimum atomic E-state index is -3.99. The van der Waals surface area contributed by atoms with E-state index in [9.17, 15) is 13.2 Å². The van der Waals surface area contributed by atoms with Crippen LogP contribution in [0.5, 0.6) is 11.5 Å². The van der Waals surface area contributed by atoms with E-state index < -0.39 is 10.0 Å². The quantitative estimate of drug-likeness (QED) is 0.876. The van der Waals surface area contributed by atoms with Crippen molar-refractivity contribution >= 4 is 15.8 Å². The molecule has 0 fully saturated rings. The number of carbonyl (C=O) groups excluding carboxylic acids is 1. The summed E-state index contributed by atoms with van der Waals surface area (Å²) in [5, 5.41) is 5.16. The van der Waals surface area contributed by atoms with Crippen molar-refractivity contribution in [2.75, 3.05) is 0 Å². The number of para-hydroxylation sites is 1. The number of carbonyl (C=O) groups is 1. The van der Waals surface area contributed by atoms with Crippen molar-refractivity contribution in [2.24, 2.45) is 5.14 Å². The zero-order chi connectivity index (χ0) is 14.8. The van der Waals surface area contributed by atoms with Crippen molar-refractivity contribution < 1.29 is 17.9 Å². The number of hydrogen-bond donors (Lipinski definition) is 1. The molecule has 104 valence electrons. The van der Waals surface area contributed by atoms with E-state index in [0.717, 1.165) is 0 Å². The van der Waals surface area contributed by atoms with Gasteiger partial charge in [-0.25, -0.2) is 13.6 Å². The third kappa shape index (κ3) is 3.23. The molecule has 2 N–H and O–H groups in total. The Morgan fingerprint density at radius 1 is 1.10 bits per heavy atom. The Balaban J connectivity index is 2.50. The number of hydrogen-bond acceptors (Lipinski definition) is 4. The van der Waals surface area contributed by atoms with Crippen LogP contribution in [0.2, 0.25) is 0 Å². The second-order valence-corrected chi connectivity index (χ2v) is 5.71. The molecule has 0 heterocycles. The number of nitrogens with two attached hydrogens (primary N) is 1. The van der Waals surface area contributed by atoms with Gasteiger partial charge in [-0.15, -0.1) is 0 Å². The first-order chi connectivity index (χ1) is 9.38. The summed E-state index contributed by atoms with van der Waals surface area (Å²) in [5.74, 6) is 0.317. The Morgan fingerprint density at radius 3 is 2.30 bits per heavy atom. The van der Waals surface area contributed by atoms with Crippen molar-refractivity contribution in [2.45, 2.75) is 11.8 Å². The van der Waals surface area contributed by atoms with E-state index in [1.54, 1.807) is 24.3 Å². The van der Waals surface area contributed by atoms with Gasteiger partial charge in [0.25, 0.3) is 0 Å². The molecule has 0 saturated carbocycles. The first-order valence-electron chi connectivity index (χ1n) is 5.78. The highest BCUT2D eigenvalue weighted by molar-refractivity contribution is 7.89. The van der Waals surface area contributed by atoms with Gasteiger partial charge in [-0.05, 0) is 37.3 Å². The summed E-state index contributed by atoms with van der Waals surface area (Å²) in [4.78, 5) is 11.1. The van der Waals surface area contributed by atoms with Crippen LogP contribution in [0, 0.1) is 0 Å². The molecule has 0 unspecified atom stereocenters. The summed E-state index contributed by atoms with van der Waals surface area (Å²) >= 11 is 0. The van der Waals surface area contributed by atoms with Crippen LogP contribution in [0.15, 0.2) is 53.4 Å². The predicted octanol–water partition coefficient (Wildman–Crippen LogP) is 2.33. The summed E-state index contributed by atoms with van der Waals surface area (Å²) in [6.07, 6.45) is 0. The summed E-state index contributed by atoms with van der Waals surface area (Å²) in [6.45, 7) is 1.35. The van der Waals surface area contributed by atoms with Gasteiger partial charge in [0.15, 0.2) is 5.78 Å². The highest BCUT2D eigenvalue weighted by Gasteiger charge is 2.17. The van der Waals surface area contributed by atoms with Crippen molar-refractivity contribution in [1.29, 1.82) is 0 Å². The van der Waals surface area contributed by atoms with Crippen molar-refractivity contribution in [3.05, 3.63) is 54.1 Å². The summed E-state index contributed by atoms with van der Waals surface area (Å²) < 4.78 is 28.7. The molecule has 20 heavy (non-hydrogen) atoms. The van der Waals surface area contributed by atoms with Crippen LogP contribution in [-0.4, -0.2) is 14.2 Å². The molecule has 0 bridgehead atoms. The molecule has 0 aliphatic heterocycles. The normalized spacial score (nSPS) is 11.1. The van der Waals surface area contributed by atoms with Crippen LogP contribution in [0.25, 0.3) is 0 Å². The zero-order valence-electron chi connectivity index (χ0n) is 10.7. The lowest BCUT2D eigenvalue weighted by Crippen LogP contribution is -2.14.